The average molecular weight is 396 g/mol. The van der Waals surface area contributed by atoms with E-state index < -0.39 is 24.9 Å². The van der Waals surface area contributed by atoms with Crippen LogP contribution in [0.2, 0.25) is 10.0 Å². The second-order valence-electron chi connectivity index (χ2n) is 4.92. The molecule has 0 saturated carbocycles. The van der Waals surface area contributed by atoms with Crippen LogP contribution in [0.5, 0.6) is 5.75 Å². The third-order valence-electron chi connectivity index (χ3n) is 3.05. The summed E-state index contributed by atoms with van der Waals surface area (Å²) in [7, 11) is 0. The molecule has 3 nitrogen and oxygen atoms in total. The predicted octanol–water partition coefficient (Wildman–Crippen LogP) is 5.52. The Morgan fingerprint density at radius 1 is 1.16 bits per heavy atom. The molecule has 2 rings (SSSR count). The summed E-state index contributed by atoms with van der Waals surface area (Å²) in [6.07, 6.45) is -3.86. The van der Waals surface area contributed by atoms with E-state index >= 15 is 0 Å². The Bertz CT molecular complexity index is 772. The highest BCUT2D eigenvalue weighted by Crippen LogP contribution is 2.29. The molecule has 0 heterocycles. The SMILES string of the molecule is O=C(Nc1ccccc1OCC(F)(F)C(F)F)c1ccc(Cl)cc1Cl. The van der Waals surface area contributed by atoms with Gasteiger partial charge in [0.2, 0.25) is 0 Å². The summed E-state index contributed by atoms with van der Waals surface area (Å²) in [6, 6.07) is 9.79. The highest BCUT2D eigenvalue weighted by molar-refractivity contribution is 6.37. The molecule has 2 aromatic carbocycles. The maximum Gasteiger partial charge on any atom is 0.340 e. The number of carbonyl (C=O) groups excluding carboxylic acids is 1. The molecular formula is C16H11Cl2F4NO2. The minimum atomic E-state index is -4.31. The zero-order valence-electron chi connectivity index (χ0n) is 12.4. The van der Waals surface area contributed by atoms with Crippen LogP contribution in [0.3, 0.4) is 0 Å². The normalized spacial score (nSPS) is 11.5. The molecule has 0 aliphatic carbocycles. The van der Waals surface area contributed by atoms with Gasteiger partial charge in [-0.25, -0.2) is 8.78 Å². The number of rotatable bonds is 6. The van der Waals surface area contributed by atoms with Crippen molar-refractivity contribution in [3.63, 3.8) is 0 Å². The van der Waals surface area contributed by atoms with Crippen molar-refractivity contribution in [1.82, 2.24) is 0 Å². The Kier molecular flexibility index (Phi) is 6.13. The van der Waals surface area contributed by atoms with E-state index in [0.29, 0.717) is 5.02 Å². The number of amides is 1. The highest BCUT2D eigenvalue weighted by atomic mass is 35.5. The Labute approximate surface area is 150 Å². The van der Waals surface area contributed by atoms with E-state index in [0.717, 1.165) is 0 Å². The maximum absolute atomic E-state index is 13.0. The van der Waals surface area contributed by atoms with Crippen molar-refractivity contribution in [3.8, 4) is 5.75 Å². The zero-order chi connectivity index (χ0) is 18.6. The van der Waals surface area contributed by atoms with Crippen LogP contribution in [0.25, 0.3) is 0 Å². The second kappa shape index (κ2) is 7.93. The Morgan fingerprint density at radius 3 is 2.48 bits per heavy atom. The van der Waals surface area contributed by atoms with Crippen molar-refractivity contribution in [2.75, 3.05) is 11.9 Å². The van der Waals surface area contributed by atoms with Gasteiger partial charge in [0.15, 0.2) is 6.61 Å². The summed E-state index contributed by atoms with van der Waals surface area (Å²) in [6.45, 7) is -1.53. The van der Waals surface area contributed by atoms with E-state index in [2.05, 4.69) is 5.32 Å². The number of hydrogen-bond donors (Lipinski definition) is 1. The van der Waals surface area contributed by atoms with E-state index in [1.165, 1.54) is 42.5 Å². The van der Waals surface area contributed by atoms with E-state index in [-0.39, 0.29) is 22.0 Å². The van der Waals surface area contributed by atoms with Crippen molar-refractivity contribution >= 4 is 34.8 Å². The summed E-state index contributed by atoms with van der Waals surface area (Å²) in [5, 5.41) is 2.85. The molecule has 0 bridgehead atoms. The van der Waals surface area contributed by atoms with Crippen LogP contribution in [0.1, 0.15) is 10.4 Å². The predicted molar refractivity (Wildman–Crippen MR) is 87.3 cm³/mol. The van der Waals surface area contributed by atoms with E-state index in [1.54, 1.807) is 0 Å². The van der Waals surface area contributed by atoms with Gasteiger partial charge in [-0.15, -0.1) is 0 Å². The van der Waals surface area contributed by atoms with Gasteiger partial charge >= 0.3 is 12.3 Å². The Hall–Kier alpha value is -1.99. The lowest BCUT2D eigenvalue weighted by Crippen LogP contribution is -2.33. The minimum absolute atomic E-state index is 0.0311. The minimum Gasteiger partial charge on any atom is -0.485 e. The van der Waals surface area contributed by atoms with Crippen molar-refractivity contribution < 1.29 is 27.1 Å². The fourth-order valence-electron chi connectivity index (χ4n) is 1.80. The standard InChI is InChI=1S/C16H11Cl2F4NO2/c17-9-5-6-10(11(18)7-9)14(24)23-12-3-1-2-4-13(12)25-8-16(21,22)15(19)20/h1-7,15H,8H2,(H,23,24). The summed E-state index contributed by atoms with van der Waals surface area (Å²) in [5.74, 6) is -5.13. The van der Waals surface area contributed by atoms with Crippen LogP contribution in [-0.2, 0) is 0 Å². The van der Waals surface area contributed by atoms with Crippen molar-refractivity contribution in [2.24, 2.45) is 0 Å². The molecule has 0 aliphatic rings. The first kappa shape index (κ1) is 19.3. The monoisotopic (exact) mass is 395 g/mol. The van der Waals surface area contributed by atoms with Crippen molar-refractivity contribution in [2.45, 2.75) is 12.3 Å². The first-order valence-electron chi connectivity index (χ1n) is 6.85. The first-order valence-corrected chi connectivity index (χ1v) is 7.60. The lowest BCUT2D eigenvalue weighted by atomic mass is 10.2. The number of ether oxygens (including phenoxy) is 1. The number of nitrogens with one attached hydrogen (secondary N) is 1. The highest BCUT2D eigenvalue weighted by Gasteiger charge is 2.41. The summed E-state index contributed by atoms with van der Waals surface area (Å²) in [4.78, 5) is 12.2. The molecule has 0 aromatic heterocycles. The molecule has 9 heteroatoms. The largest absolute Gasteiger partial charge is 0.485 e. The number of carbonyl (C=O) groups is 1. The van der Waals surface area contributed by atoms with E-state index in [9.17, 15) is 22.4 Å². The molecule has 1 amide bonds. The lowest BCUT2D eigenvalue weighted by molar-refractivity contribution is -0.148. The molecule has 25 heavy (non-hydrogen) atoms. The first-order chi connectivity index (χ1) is 11.7. The van der Waals surface area contributed by atoms with Gasteiger partial charge in [0.05, 0.1) is 16.3 Å². The molecule has 1 N–H and O–H groups in total. The molecule has 0 aliphatic heterocycles. The molecule has 0 unspecified atom stereocenters. The summed E-state index contributed by atoms with van der Waals surface area (Å²) >= 11 is 11.7. The fraction of sp³-hybridized carbons (Fsp3) is 0.188. The van der Waals surface area contributed by atoms with Crippen LogP contribution in [-0.4, -0.2) is 24.9 Å². The van der Waals surface area contributed by atoms with Gasteiger partial charge in [-0.3, -0.25) is 4.79 Å². The second-order valence-corrected chi connectivity index (χ2v) is 5.77. The molecule has 0 atom stereocenters. The zero-order valence-corrected chi connectivity index (χ0v) is 13.9. The molecule has 134 valence electrons. The van der Waals surface area contributed by atoms with E-state index in [1.807, 2.05) is 0 Å². The Balaban J connectivity index is 2.16. The molecule has 0 spiro atoms. The smallest absolute Gasteiger partial charge is 0.340 e. The van der Waals surface area contributed by atoms with Crippen molar-refractivity contribution in [1.29, 1.82) is 0 Å². The number of benzene rings is 2. The lowest BCUT2D eigenvalue weighted by Gasteiger charge is -2.18. The third-order valence-corrected chi connectivity index (χ3v) is 3.60. The van der Waals surface area contributed by atoms with Gasteiger partial charge in [0.1, 0.15) is 5.75 Å². The van der Waals surface area contributed by atoms with E-state index in [4.69, 9.17) is 27.9 Å². The van der Waals surface area contributed by atoms with Crippen LogP contribution < -0.4 is 10.1 Å². The van der Waals surface area contributed by atoms with Gasteiger partial charge in [-0.1, -0.05) is 35.3 Å². The average Bonchev–Trinajstić information content (AvgIpc) is 2.53. The van der Waals surface area contributed by atoms with Gasteiger partial charge in [0, 0.05) is 5.02 Å². The summed E-state index contributed by atoms with van der Waals surface area (Å²) < 4.78 is 55.1. The molecule has 2 aromatic rings. The fourth-order valence-corrected chi connectivity index (χ4v) is 2.29. The van der Waals surface area contributed by atoms with Crippen LogP contribution in [0.4, 0.5) is 23.2 Å². The Morgan fingerprint density at radius 2 is 1.84 bits per heavy atom. The van der Waals surface area contributed by atoms with Gasteiger partial charge in [-0.05, 0) is 30.3 Å². The molecule has 0 radical (unpaired) electrons. The van der Waals surface area contributed by atoms with Gasteiger partial charge in [-0.2, -0.15) is 8.78 Å². The number of halogens is 6. The van der Waals surface area contributed by atoms with Crippen LogP contribution in [0, 0.1) is 0 Å². The quantitative estimate of drug-likeness (QED) is 0.653. The van der Waals surface area contributed by atoms with Crippen molar-refractivity contribution in [3.05, 3.63) is 58.1 Å². The number of hydrogen-bond acceptors (Lipinski definition) is 2. The number of alkyl halides is 4. The third kappa shape index (κ3) is 4.99. The molecular weight excluding hydrogens is 385 g/mol. The molecule has 0 fully saturated rings. The topological polar surface area (TPSA) is 38.3 Å². The maximum atomic E-state index is 13.0. The number of anilines is 1. The van der Waals surface area contributed by atoms with Crippen LogP contribution in [0.15, 0.2) is 42.5 Å². The molecule has 0 saturated heterocycles. The van der Waals surface area contributed by atoms with Gasteiger partial charge < -0.3 is 10.1 Å². The van der Waals surface area contributed by atoms with Crippen LogP contribution >= 0.6 is 23.2 Å². The number of para-hydroxylation sites is 2. The van der Waals surface area contributed by atoms with Gasteiger partial charge in [0.25, 0.3) is 5.91 Å². The summed E-state index contributed by atoms with van der Waals surface area (Å²) in [5.41, 5.74) is 0.127.